The first-order valence-electron chi connectivity index (χ1n) is 5.62. The summed E-state index contributed by atoms with van der Waals surface area (Å²) in [6.07, 6.45) is 0. The standard InChI is InChI=1S/C14H6Cl6/c15-11-9-5-7-3-1-2-4-8(7)6-10(9)13(17,18)14(19,20)12(11)16/h1-6H. The van der Waals surface area contributed by atoms with E-state index in [-0.39, 0.29) is 10.1 Å². The van der Waals surface area contributed by atoms with Crippen molar-refractivity contribution in [3.63, 3.8) is 0 Å². The van der Waals surface area contributed by atoms with E-state index in [4.69, 9.17) is 69.6 Å². The second-order valence-corrected chi connectivity index (χ2v) is 7.93. The summed E-state index contributed by atoms with van der Waals surface area (Å²) >= 11 is 37.6. The van der Waals surface area contributed by atoms with E-state index in [9.17, 15) is 0 Å². The lowest BCUT2D eigenvalue weighted by atomic mass is 9.92. The van der Waals surface area contributed by atoms with Crippen molar-refractivity contribution in [2.24, 2.45) is 0 Å². The summed E-state index contributed by atoms with van der Waals surface area (Å²) in [6.45, 7) is 0. The fraction of sp³-hybridized carbons (Fsp3) is 0.143. The van der Waals surface area contributed by atoms with E-state index >= 15 is 0 Å². The molecule has 2 aromatic rings. The third-order valence-corrected chi connectivity index (χ3v) is 6.78. The van der Waals surface area contributed by atoms with Crippen molar-refractivity contribution in [1.82, 2.24) is 0 Å². The molecule has 0 spiro atoms. The molecule has 1 aliphatic rings. The molecular formula is C14H6Cl6. The molecule has 0 unspecified atom stereocenters. The summed E-state index contributed by atoms with van der Waals surface area (Å²) in [4.78, 5) is 0. The lowest BCUT2D eigenvalue weighted by Crippen LogP contribution is -2.38. The van der Waals surface area contributed by atoms with Gasteiger partial charge in [-0.05, 0) is 22.9 Å². The lowest BCUT2D eigenvalue weighted by molar-refractivity contribution is 0.790. The van der Waals surface area contributed by atoms with Crippen molar-refractivity contribution in [3.05, 3.63) is 52.6 Å². The van der Waals surface area contributed by atoms with Crippen molar-refractivity contribution < 1.29 is 0 Å². The highest BCUT2D eigenvalue weighted by molar-refractivity contribution is 6.70. The minimum absolute atomic E-state index is 0.0234. The van der Waals surface area contributed by atoms with Crippen LogP contribution in [0.2, 0.25) is 0 Å². The molecule has 0 bridgehead atoms. The van der Waals surface area contributed by atoms with Crippen LogP contribution in [-0.2, 0) is 4.33 Å². The minimum atomic E-state index is -1.70. The summed E-state index contributed by atoms with van der Waals surface area (Å²) in [5.41, 5.74) is 1.18. The highest BCUT2D eigenvalue weighted by atomic mass is 35.5. The predicted molar refractivity (Wildman–Crippen MR) is 90.4 cm³/mol. The molecule has 0 aromatic heterocycles. The van der Waals surface area contributed by atoms with Gasteiger partial charge < -0.3 is 0 Å². The molecule has 6 heteroatoms. The van der Waals surface area contributed by atoms with Crippen LogP contribution in [-0.4, -0.2) is 4.33 Å². The predicted octanol–water partition coefficient (Wildman–Crippen LogP) is 6.80. The Kier molecular flexibility index (Phi) is 3.65. The second kappa shape index (κ2) is 4.84. The number of hydrogen-bond donors (Lipinski definition) is 0. The van der Waals surface area contributed by atoms with Crippen LogP contribution < -0.4 is 0 Å². The van der Waals surface area contributed by atoms with Gasteiger partial charge in [0.15, 0.2) is 8.67 Å². The van der Waals surface area contributed by atoms with Gasteiger partial charge >= 0.3 is 0 Å². The quantitative estimate of drug-likeness (QED) is 0.436. The number of fused-ring (bicyclic) bond motifs is 2. The molecule has 0 amide bonds. The van der Waals surface area contributed by atoms with Crippen molar-refractivity contribution in [1.29, 1.82) is 0 Å². The number of rotatable bonds is 0. The molecular weight excluding hydrogens is 381 g/mol. The second-order valence-electron chi connectivity index (χ2n) is 4.52. The SMILES string of the molecule is ClC1=C(Cl)C(Cl)(Cl)C(Cl)(Cl)c2cc3ccccc3cc21. The van der Waals surface area contributed by atoms with Crippen molar-refractivity contribution in [2.45, 2.75) is 8.67 Å². The minimum Gasteiger partial charge on any atom is -0.0925 e. The smallest absolute Gasteiger partial charge is 0.0925 e. The number of benzene rings is 2. The molecule has 2 aromatic carbocycles. The first-order valence-corrected chi connectivity index (χ1v) is 7.88. The number of hydrogen-bond acceptors (Lipinski definition) is 0. The van der Waals surface area contributed by atoms with E-state index < -0.39 is 8.67 Å². The van der Waals surface area contributed by atoms with Gasteiger partial charge in [-0.15, -0.1) is 0 Å². The van der Waals surface area contributed by atoms with Gasteiger partial charge in [0, 0.05) is 11.1 Å². The largest absolute Gasteiger partial charge is 0.191 e. The third-order valence-electron chi connectivity index (χ3n) is 3.32. The fourth-order valence-corrected chi connectivity index (χ4v) is 3.87. The molecule has 0 fully saturated rings. The zero-order valence-electron chi connectivity index (χ0n) is 9.73. The normalized spacial score (nSPS) is 20.1. The van der Waals surface area contributed by atoms with Gasteiger partial charge in [0.2, 0.25) is 0 Å². The Morgan fingerprint density at radius 1 is 0.750 bits per heavy atom. The maximum atomic E-state index is 6.38. The number of alkyl halides is 4. The maximum absolute atomic E-state index is 6.38. The molecule has 104 valence electrons. The molecule has 0 aliphatic heterocycles. The summed E-state index contributed by atoms with van der Waals surface area (Å²) in [5.74, 6) is 0. The van der Waals surface area contributed by atoms with Crippen LogP contribution in [0.1, 0.15) is 11.1 Å². The Morgan fingerprint density at radius 3 is 1.90 bits per heavy atom. The van der Waals surface area contributed by atoms with E-state index in [0.29, 0.717) is 11.1 Å². The van der Waals surface area contributed by atoms with Crippen LogP contribution in [0.15, 0.2) is 41.4 Å². The molecule has 3 rings (SSSR count). The van der Waals surface area contributed by atoms with Crippen LogP contribution in [0, 0.1) is 0 Å². The molecule has 20 heavy (non-hydrogen) atoms. The Labute approximate surface area is 146 Å². The zero-order valence-corrected chi connectivity index (χ0v) is 14.3. The summed E-state index contributed by atoms with van der Waals surface area (Å²) in [5, 5.41) is 2.24. The van der Waals surface area contributed by atoms with Gasteiger partial charge in [0.25, 0.3) is 0 Å². The van der Waals surface area contributed by atoms with E-state index in [0.717, 1.165) is 10.8 Å². The Morgan fingerprint density at radius 2 is 1.30 bits per heavy atom. The van der Waals surface area contributed by atoms with Crippen LogP contribution in [0.25, 0.3) is 15.8 Å². The topological polar surface area (TPSA) is 0 Å². The van der Waals surface area contributed by atoms with E-state index in [1.54, 1.807) is 0 Å². The molecule has 0 saturated carbocycles. The average Bonchev–Trinajstić information content (AvgIpc) is 2.42. The monoisotopic (exact) mass is 384 g/mol. The van der Waals surface area contributed by atoms with Crippen molar-refractivity contribution in [3.8, 4) is 0 Å². The first kappa shape index (κ1) is 15.1. The molecule has 0 heterocycles. The molecule has 0 radical (unpaired) electrons. The zero-order chi connectivity index (χ0) is 14.7. The van der Waals surface area contributed by atoms with Crippen LogP contribution in [0.5, 0.6) is 0 Å². The highest BCUT2D eigenvalue weighted by Crippen LogP contribution is 2.61. The number of allylic oxidation sites excluding steroid dienone is 1. The molecule has 0 N–H and O–H groups in total. The summed E-state index contributed by atoms with van der Waals surface area (Å²) < 4.78 is -3.30. The van der Waals surface area contributed by atoms with Gasteiger partial charge in [-0.2, -0.15) is 0 Å². The Balaban J connectivity index is 2.43. The summed E-state index contributed by atoms with van der Waals surface area (Å²) in [6, 6.07) is 11.5. The van der Waals surface area contributed by atoms with Crippen LogP contribution in [0.4, 0.5) is 0 Å². The van der Waals surface area contributed by atoms with E-state index in [1.807, 2.05) is 36.4 Å². The van der Waals surface area contributed by atoms with Gasteiger partial charge in [-0.25, -0.2) is 0 Å². The number of halogens is 6. The van der Waals surface area contributed by atoms with Crippen LogP contribution >= 0.6 is 69.6 Å². The Bertz CT molecular complexity index is 744. The van der Waals surface area contributed by atoms with E-state index in [2.05, 4.69) is 0 Å². The van der Waals surface area contributed by atoms with E-state index in [1.165, 1.54) is 0 Å². The fourth-order valence-electron chi connectivity index (χ4n) is 2.24. The Hall–Kier alpha value is 0.180. The first-order chi connectivity index (χ1) is 9.26. The molecule has 0 nitrogen and oxygen atoms in total. The van der Waals surface area contributed by atoms with Crippen LogP contribution in [0.3, 0.4) is 0 Å². The van der Waals surface area contributed by atoms with Gasteiger partial charge in [-0.1, -0.05) is 93.9 Å². The lowest BCUT2D eigenvalue weighted by Gasteiger charge is -2.38. The molecule has 0 saturated heterocycles. The summed E-state index contributed by atoms with van der Waals surface area (Å²) in [7, 11) is 0. The maximum Gasteiger partial charge on any atom is 0.191 e. The van der Waals surface area contributed by atoms with Gasteiger partial charge in [0.05, 0.1) is 10.1 Å². The molecule has 1 aliphatic carbocycles. The van der Waals surface area contributed by atoms with Gasteiger partial charge in [-0.3, -0.25) is 0 Å². The van der Waals surface area contributed by atoms with Crippen molar-refractivity contribution in [2.75, 3.05) is 0 Å². The van der Waals surface area contributed by atoms with Crippen molar-refractivity contribution >= 4 is 85.4 Å². The highest BCUT2D eigenvalue weighted by Gasteiger charge is 2.55. The molecule has 0 atom stereocenters. The third kappa shape index (κ3) is 1.97. The average molecular weight is 387 g/mol. The van der Waals surface area contributed by atoms with Gasteiger partial charge in [0.1, 0.15) is 0 Å².